The molecule has 1 N–H and O–H groups in total. The number of rotatable bonds is 5. The maximum absolute atomic E-state index is 11.8. The van der Waals surface area contributed by atoms with Gasteiger partial charge in [0, 0.05) is 30.1 Å². The van der Waals surface area contributed by atoms with Crippen LogP contribution in [0, 0.1) is 0 Å². The molecule has 0 unspecified atom stereocenters. The van der Waals surface area contributed by atoms with Crippen molar-refractivity contribution in [2.75, 3.05) is 19.6 Å². The van der Waals surface area contributed by atoms with Gasteiger partial charge in [0.2, 0.25) is 5.91 Å². The van der Waals surface area contributed by atoms with Gasteiger partial charge in [-0.2, -0.15) is 0 Å². The average Bonchev–Trinajstić information content (AvgIpc) is 2.92. The van der Waals surface area contributed by atoms with Gasteiger partial charge >= 0.3 is 0 Å². The third-order valence-electron chi connectivity index (χ3n) is 3.42. The first-order valence-corrected chi connectivity index (χ1v) is 7.90. The van der Waals surface area contributed by atoms with Crippen molar-refractivity contribution >= 4 is 23.3 Å². The zero-order valence-corrected chi connectivity index (χ0v) is 12.3. The molecule has 0 aromatic carbocycles. The second-order valence-corrected chi connectivity index (χ2v) is 5.95. The summed E-state index contributed by atoms with van der Waals surface area (Å²) in [6, 6.07) is 4.34. The summed E-state index contributed by atoms with van der Waals surface area (Å²) in [5.41, 5.74) is 0. The van der Waals surface area contributed by atoms with Crippen molar-refractivity contribution in [2.45, 2.75) is 32.2 Å². The van der Waals surface area contributed by atoms with Crippen LogP contribution >= 0.6 is 11.3 Å². The number of likely N-dealkylation sites (tertiary alicyclic amines) is 1. The number of piperidine rings is 1. The molecule has 1 amide bonds. The predicted molar refractivity (Wildman–Crippen MR) is 81.2 cm³/mol. The summed E-state index contributed by atoms with van der Waals surface area (Å²) in [6.07, 6.45) is 6.87. The highest BCUT2D eigenvalue weighted by molar-refractivity contribution is 7.10. The van der Waals surface area contributed by atoms with E-state index in [2.05, 4.69) is 17.1 Å². The Morgan fingerprint density at radius 1 is 1.53 bits per heavy atom. The lowest BCUT2D eigenvalue weighted by Crippen LogP contribution is -2.44. The van der Waals surface area contributed by atoms with E-state index in [1.807, 2.05) is 23.6 Å². The van der Waals surface area contributed by atoms with E-state index in [4.69, 9.17) is 0 Å². The molecule has 3 nitrogen and oxygen atoms in total. The minimum atomic E-state index is 0.0299. The minimum Gasteiger partial charge on any atom is -0.350 e. The maximum atomic E-state index is 11.8. The molecule has 0 saturated carbocycles. The second kappa shape index (κ2) is 7.46. The van der Waals surface area contributed by atoms with Crippen molar-refractivity contribution in [1.29, 1.82) is 0 Å². The van der Waals surface area contributed by atoms with Crippen LogP contribution in [0.2, 0.25) is 0 Å². The van der Waals surface area contributed by atoms with Crippen molar-refractivity contribution in [3.05, 3.63) is 28.5 Å². The van der Waals surface area contributed by atoms with Crippen molar-refractivity contribution < 1.29 is 4.79 Å². The van der Waals surface area contributed by atoms with Crippen LogP contribution in [-0.4, -0.2) is 36.5 Å². The lowest BCUT2D eigenvalue weighted by Gasteiger charge is -2.31. The number of hydrogen-bond acceptors (Lipinski definition) is 3. The summed E-state index contributed by atoms with van der Waals surface area (Å²) in [5, 5.41) is 5.11. The highest BCUT2D eigenvalue weighted by Crippen LogP contribution is 2.12. The molecule has 0 bridgehead atoms. The SMILES string of the molecule is CCCN1CCC(NC(=O)/C=C/c2cccs2)CC1. The third kappa shape index (κ3) is 4.80. The molecule has 1 aromatic rings. The van der Waals surface area contributed by atoms with Crippen LogP contribution < -0.4 is 5.32 Å². The highest BCUT2D eigenvalue weighted by Gasteiger charge is 2.19. The van der Waals surface area contributed by atoms with E-state index in [9.17, 15) is 4.79 Å². The first-order valence-electron chi connectivity index (χ1n) is 7.02. The Morgan fingerprint density at radius 3 is 2.95 bits per heavy atom. The molecule has 0 radical (unpaired) electrons. The quantitative estimate of drug-likeness (QED) is 0.840. The normalized spacial score (nSPS) is 17.9. The van der Waals surface area contributed by atoms with Crippen LogP contribution in [0.25, 0.3) is 6.08 Å². The summed E-state index contributed by atoms with van der Waals surface area (Å²) in [5.74, 6) is 0.0299. The topological polar surface area (TPSA) is 32.3 Å². The summed E-state index contributed by atoms with van der Waals surface area (Å²) in [4.78, 5) is 15.4. The van der Waals surface area contributed by atoms with Crippen LogP contribution in [0.15, 0.2) is 23.6 Å². The molecule has 1 aromatic heterocycles. The lowest BCUT2D eigenvalue weighted by molar-refractivity contribution is -0.117. The molecule has 0 atom stereocenters. The molecule has 19 heavy (non-hydrogen) atoms. The molecule has 104 valence electrons. The van der Waals surface area contributed by atoms with E-state index < -0.39 is 0 Å². The van der Waals surface area contributed by atoms with Crippen LogP contribution in [0.4, 0.5) is 0 Å². The van der Waals surface area contributed by atoms with Crippen molar-refractivity contribution in [3.8, 4) is 0 Å². The zero-order valence-electron chi connectivity index (χ0n) is 11.5. The van der Waals surface area contributed by atoms with E-state index in [-0.39, 0.29) is 5.91 Å². The van der Waals surface area contributed by atoms with Gasteiger partial charge in [0.1, 0.15) is 0 Å². The second-order valence-electron chi connectivity index (χ2n) is 4.97. The Morgan fingerprint density at radius 2 is 2.32 bits per heavy atom. The number of nitrogens with one attached hydrogen (secondary N) is 1. The van der Waals surface area contributed by atoms with Crippen molar-refractivity contribution in [2.24, 2.45) is 0 Å². The molecule has 1 fully saturated rings. The third-order valence-corrected chi connectivity index (χ3v) is 4.25. The fraction of sp³-hybridized carbons (Fsp3) is 0.533. The molecule has 4 heteroatoms. The number of carbonyl (C=O) groups is 1. The van der Waals surface area contributed by atoms with Crippen LogP contribution in [0.3, 0.4) is 0 Å². The van der Waals surface area contributed by atoms with E-state index >= 15 is 0 Å². The number of nitrogens with zero attached hydrogens (tertiary/aromatic N) is 1. The van der Waals surface area contributed by atoms with Gasteiger partial charge in [-0.25, -0.2) is 0 Å². The number of hydrogen-bond donors (Lipinski definition) is 1. The number of amides is 1. The monoisotopic (exact) mass is 278 g/mol. The molecule has 1 aliphatic rings. The molecule has 0 spiro atoms. The van der Waals surface area contributed by atoms with Crippen molar-refractivity contribution in [3.63, 3.8) is 0 Å². The van der Waals surface area contributed by atoms with Crippen LogP contribution in [-0.2, 0) is 4.79 Å². The van der Waals surface area contributed by atoms with Gasteiger partial charge in [-0.1, -0.05) is 13.0 Å². The zero-order chi connectivity index (χ0) is 13.5. The lowest BCUT2D eigenvalue weighted by atomic mass is 10.0. The fourth-order valence-electron chi connectivity index (χ4n) is 2.41. The summed E-state index contributed by atoms with van der Waals surface area (Å²) in [6.45, 7) is 5.60. The van der Waals surface area contributed by atoms with Gasteiger partial charge in [-0.05, 0) is 43.3 Å². The van der Waals surface area contributed by atoms with Gasteiger partial charge < -0.3 is 10.2 Å². The predicted octanol–water partition coefficient (Wildman–Crippen LogP) is 2.75. The van der Waals surface area contributed by atoms with Gasteiger partial charge in [0.25, 0.3) is 0 Å². The highest BCUT2D eigenvalue weighted by atomic mass is 32.1. The minimum absolute atomic E-state index is 0.0299. The van der Waals surface area contributed by atoms with E-state index in [1.54, 1.807) is 17.4 Å². The molecule has 2 rings (SSSR count). The van der Waals surface area contributed by atoms with Gasteiger partial charge in [0.15, 0.2) is 0 Å². The standard InChI is InChI=1S/C15H22N2OS/c1-2-9-17-10-7-13(8-11-17)16-15(18)6-5-14-4-3-12-19-14/h3-6,12-13H,2,7-11H2,1H3,(H,16,18)/b6-5+. The molecule has 2 heterocycles. The largest absolute Gasteiger partial charge is 0.350 e. The van der Waals surface area contributed by atoms with Crippen molar-refractivity contribution in [1.82, 2.24) is 10.2 Å². The Kier molecular flexibility index (Phi) is 5.61. The summed E-state index contributed by atoms with van der Waals surface area (Å²) in [7, 11) is 0. The van der Waals surface area contributed by atoms with Gasteiger partial charge in [0.05, 0.1) is 0 Å². The molecule has 0 aliphatic carbocycles. The first-order chi connectivity index (χ1) is 9.28. The summed E-state index contributed by atoms with van der Waals surface area (Å²) < 4.78 is 0. The maximum Gasteiger partial charge on any atom is 0.244 e. The number of thiophene rings is 1. The average molecular weight is 278 g/mol. The van der Waals surface area contributed by atoms with E-state index in [1.165, 1.54) is 13.0 Å². The first kappa shape index (κ1) is 14.3. The Hall–Kier alpha value is -1.13. The van der Waals surface area contributed by atoms with Crippen LogP contribution in [0.5, 0.6) is 0 Å². The summed E-state index contributed by atoms with van der Waals surface area (Å²) >= 11 is 1.64. The molecule has 1 aliphatic heterocycles. The van der Waals surface area contributed by atoms with E-state index in [0.717, 1.165) is 30.8 Å². The Bertz CT molecular complexity index is 406. The van der Waals surface area contributed by atoms with Gasteiger partial charge in [-0.15, -0.1) is 11.3 Å². The Balaban J connectivity index is 1.72. The smallest absolute Gasteiger partial charge is 0.244 e. The van der Waals surface area contributed by atoms with Gasteiger partial charge in [-0.3, -0.25) is 4.79 Å². The van der Waals surface area contributed by atoms with Crippen LogP contribution in [0.1, 0.15) is 31.1 Å². The Labute approximate surface area is 119 Å². The van der Waals surface area contributed by atoms with E-state index in [0.29, 0.717) is 6.04 Å². The number of carbonyl (C=O) groups excluding carboxylic acids is 1. The fourth-order valence-corrected chi connectivity index (χ4v) is 3.03. The molecule has 1 saturated heterocycles. The molecular formula is C15H22N2OS. The molecular weight excluding hydrogens is 256 g/mol.